The number of hydrogen-bond acceptors (Lipinski definition) is 7. The lowest BCUT2D eigenvalue weighted by Gasteiger charge is -2.25. The van der Waals surface area contributed by atoms with Crippen LogP contribution in [0.4, 0.5) is 0 Å². The first-order chi connectivity index (χ1) is 15.8. The van der Waals surface area contributed by atoms with E-state index in [-0.39, 0.29) is 17.4 Å². The highest BCUT2D eigenvalue weighted by atomic mass is 32.1. The Hall–Kier alpha value is -3.65. The predicted molar refractivity (Wildman–Crippen MR) is 126 cm³/mol. The normalized spacial score (nSPS) is 15.9. The van der Waals surface area contributed by atoms with Crippen LogP contribution in [0.25, 0.3) is 6.08 Å². The largest absolute Gasteiger partial charge is 0.508 e. The van der Waals surface area contributed by atoms with Gasteiger partial charge >= 0.3 is 5.97 Å². The fourth-order valence-electron chi connectivity index (χ4n) is 3.73. The summed E-state index contributed by atoms with van der Waals surface area (Å²) in [5.41, 5.74) is 1.99. The number of hydrogen-bond donors (Lipinski definition) is 1. The van der Waals surface area contributed by atoms with Gasteiger partial charge in [-0.1, -0.05) is 35.6 Å². The molecule has 0 spiro atoms. The number of nitrogens with zero attached hydrogens (tertiary/aromatic N) is 2. The number of carbonyl (C=O) groups excluding carboxylic acids is 1. The molecule has 0 fully saturated rings. The van der Waals surface area contributed by atoms with Crippen LogP contribution in [-0.4, -0.2) is 28.9 Å². The molecule has 1 N–H and O–H groups in total. The highest BCUT2D eigenvalue weighted by Gasteiger charge is 2.33. The number of phenols is 1. The van der Waals surface area contributed by atoms with Gasteiger partial charge < -0.3 is 14.6 Å². The van der Waals surface area contributed by atoms with E-state index in [1.807, 2.05) is 12.1 Å². The summed E-state index contributed by atoms with van der Waals surface area (Å²) in [6, 6.07) is 13.2. The first-order valence-electron chi connectivity index (χ1n) is 10.4. The Kier molecular flexibility index (Phi) is 6.20. The third-order valence-electron chi connectivity index (χ3n) is 5.18. The van der Waals surface area contributed by atoms with Crippen LogP contribution in [-0.2, 0) is 9.53 Å². The number of thiazole rings is 1. The zero-order chi connectivity index (χ0) is 23.7. The van der Waals surface area contributed by atoms with Crippen LogP contribution in [0.5, 0.6) is 11.5 Å². The van der Waals surface area contributed by atoms with Crippen LogP contribution in [0, 0.1) is 0 Å². The number of fused-ring (bicyclic) bond motifs is 1. The summed E-state index contributed by atoms with van der Waals surface area (Å²) in [7, 11) is 1.58. The van der Waals surface area contributed by atoms with Gasteiger partial charge in [0.1, 0.15) is 11.5 Å². The minimum atomic E-state index is -0.690. The maximum Gasteiger partial charge on any atom is 0.338 e. The first-order valence-corrected chi connectivity index (χ1v) is 11.3. The standard InChI is InChI=1S/C25H24N2O5S/c1-14(2)32-24(30)21-15(3)26-25-27(22(21)17-8-10-19(31-4)11-9-17)23(29)20(33-25)13-16-6-5-7-18(28)12-16/h5-14,22,28H,1-4H3/b20-13-. The van der Waals surface area contributed by atoms with Crippen molar-refractivity contribution in [2.24, 2.45) is 4.99 Å². The molecule has 0 saturated heterocycles. The number of carbonyl (C=O) groups is 1. The van der Waals surface area contributed by atoms with E-state index in [4.69, 9.17) is 9.47 Å². The molecule has 2 aromatic carbocycles. The monoisotopic (exact) mass is 464 g/mol. The van der Waals surface area contributed by atoms with Gasteiger partial charge in [0.15, 0.2) is 4.80 Å². The van der Waals surface area contributed by atoms with Gasteiger partial charge in [-0.3, -0.25) is 9.36 Å². The molecule has 8 heteroatoms. The average Bonchev–Trinajstić information content (AvgIpc) is 3.07. The summed E-state index contributed by atoms with van der Waals surface area (Å²) in [6.07, 6.45) is 1.39. The Balaban J connectivity index is 1.94. The van der Waals surface area contributed by atoms with Crippen molar-refractivity contribution in [2.75, 3.05) is 7.11 Å². The zero-order valence-electron chi connectivity index (χ0n) is 18.7. The van der Waals surface area contributed by atoms with Crippen LogP contribution in [0.1, 0.15) is 37.9 Å². The summed E-state index contributed by atoms with van der Waals surface area (Å²) >= 11 is 1.24. The van der Waals surface area contributed by atoms with Gasteiger partial charge in [-0.25, -0.2) is 9.79 Å². The molecule has 170 valence electrons. The Bertz CT molecular complexity index is 1410. The van der Waals surface area contributed by atoms with Crippen LogP contribution in [0.3, 0.4) is 0 Å². The second-order valence-corrected chi connectivity index (χ2v) is 8.91. The Morgan fingerprint density at radius 1 is 1.21 bits per heavy atom. The Labute approximate surface area is 194 Å². The fourth-order valence-corrected chi connectivity index (χ4v) is 4.77. The lowest BCUT2D eigenvalue weighted by molar-refractivity contribution is -0.143. The van der Waals surface area contributed by atoms with Gasteiger partial charge in [0.05, 0.1) is 35.1 Å². The zero-order valence-corrected chi connectivity index (χ0v) is 19.6. The number of rotatable bonds is 5. The molecule has 33 heavy (non-hydrogen) atoms. The smallest absolute Gasteiger partial charge is 0.338 e. The second kappa shape index (κ2) is 9.07. The molecule has 3 aromatic rings. The van der Waals surface area contributed by atoms with E-state index in [9.17, 15) is 14.7 Å². The number of benzene rings is 2. The number of allylic oxidation sites excluding steroid dienone is 1. The molecule has 1 aliphatic heterocycles. The number of methoxy groups -OCH3 is 1. The van der Waals surface area contributed by atoms with E-state index in [1.165, 1.54) is 15.9 Å². The number of esters is 1. The Morgan fingerprint density at radius 3 is 2.58 bits per heavy atom. The van der Waals surface area contributed by atoms with Crippen LogP contribution in [0.15, 0.2) is 69.6 Å². The number of phenolic OH excluding ortho intramolecular Hbond substituents is 1. The van der Waals surface area contributed by atoms with Crippen LogP contribution in [0.2, 0.25) is 0 Å². The highest BCUT2D eigenvalue weighted by Crippen LogP contribution is 2.31. The van der Waals surface area contributed by atoms with Gasteiger partial charge in [0.25, 0.3) is 5.56 Å². The lowest BCUT2D eigenvalue weighted by Crippen LogP contribution is -2.40. The van der Waals surface area contributed by atoms with E-state index >= 15 is 0 Å². The van der Waals surface area contributed by atoms with E-state index in [0.717, 1.165) is 5.56 Å². The molecule has 1 aliphatic rings. The maximum atomic E-state index is 13.5. The van der Waals surface area contributed by atoms with Gasteiger partial charge in [-0.2, -0.15) is 0 Å². The van der Waals surface area contributed by atoms with Crippen molar-refractivity contribution in [1.29, 1.82) is 0 Å². The minimum absolute atomic E-state index is 0.113. The Morgan fingerprint density at radius 2 is 1.94 bits per heavy atom. The molecule has 1 atom stereocenters. The molecule has 4 rings (SSSR count). The van der Waals surface area contributed by atoms with E-state index in [1.54, 1.807) is 70.4 Å². The first kappa shape index (κ1) is 22.5. The molecule has 7 nitrogen and oxygen atoms in total. The van der Waals surface area contributed by atoms with Crippen molar-refractivity contribution in [3.8, 4) is 11.5 Å². The third kappa shape index (κ3) is 4.47. The molecule has 0 amide bonds. The summed E-state index contributed by atoms with van der Waals surface area (Å²) in [5.74, 6) is 0.276. The molecule has 0 bridgehead atoms. The van der Waals surface area contributed by atoms with E-state index < -0.39 is 12.0 Å². The highest BCUT2D eigenvalue weighted by molar-refractivity contribution is 7.07. The van der Waals surface area contributed by atoms with Crippen molar-refractivity contribution < 1.29 is 19.4 Å². The van der Waals surface area contributed by atoms with Crippen LogP contribution < -0.4 is 19.6 Å². The van der Waals surface area contributed by atoms with Crippen molar-refractivity contribution >= 4 is 23.4 Å². The van der Waals surface area contributed by atoms with E-state index in [2.05, 4.69) is 4.99 Å². The summed E-state index contributed by atoms with van der Waals surface area (Å²) in [6.45, 7) is 5.31. The minimum Gasteiger partial charge on any atom is -0.508 e. The van der Waals surface area contributed by atoms with Crippen molar-refractivity contribution in [3.05, 3.63) is 90.6 Å². The number of aromatic hydroxyl groups is 1. The average molecular weight is 465 g/mol. The predicted octanol–water partition coefficient (Wildman–Crippen LogP) is 2.90. The maximum absolute atomic E-state index is 13.5. The summed E-state index contributed by atoms with van der Waals surface area (Å²) in [4.78, 5) is 31.7. The van der Waals surface area contributed by atoms with Crippen molar-refractivity contribution in [2.45, 2.75) is 32.9 Å². The molecule has 1 unspecified atom stereocenters. The fraction of sp³-hybridized carbons (Fsp3) is 0.240. The lowest BCUT2D eigenvalue weighted by atomic mass is 9.96. The molecule has 0 aliphatic carbocycles. The topological polar surface area (TPSA) is 90.1 Å². The van der Waals surface area contributed by atoms with E-state index in [0.29, 0.717) is 31.9 Å². The SMILES string of the molecule is COc1ccc(C2C(C(=O)OC(C)C)=C(C)N=c3s/c(=C\c4cccc(O)c4)c(=O)n32)cc1. The summed E-state index contributed by atoms with van der Waals surface area (Å²) in [5, 5.41) is 9.77. The molecular formula is C25H24N2O5S. The second-order valence-electron chi connectivity index (χ2n) is 7.90. The molecule has 2 heterocycles. The third-order valence-corrected chi connectivity index (χ3v) is 6.17. The van der Waals surface area contributed by atoms with Crippen molar-refractivity contribution in [1.82, 2.24) is 4.57 Å². The number of ether oxygens (including phenoxy) is 2. The van der Waals surface area contributed by atoms with Gasteiger partial charge in [0, 0.05) is 0 Å². The van der Waals surface area contributed by atoms with Crippen molar-refractivity contribution in [3.63, 3.8) is 0 Å². The van der Waals surface area contributed by atoms with Gasteiger partial charge in [-0.15, -0.1) is 0 Å². The molecule has 0 radical (unpaired) electrons. The summed E-state index contributed by atoms with van der Waals surface area (Å²) < 4.78 is 12.7. The van der Waals surface area contributed by atoms with Gasteiger partial charge in [0.2, 0.25) is 0 Å². The molecular weight excluding hydrogens is 440 g/mol. The molecule has 0 saturated carbocycles. The number of aromatic nitrogens is 1. The van der Waals surface area contributed by atoms with Crippen LogP contribution >= 0.6 is 11.3 Å². The molecule has 1 aromatic heterocycles. The quantitative estimate of drug-likeness (QED) is 0.587. The van der Waals surface area contributed by atoms with Gasteiger partial charge in [-0.05, 0) is 62.2 Å².